The molecular formula is C124H100N8. The van der Waals surface area contributed by atoms with E-state index in [9.17, 15) is 0 Å². The fourth-order valence-corrected chi connectivity index (χ4v) is 19.2. The molecule has 24 rings (SSSR count). The average molecular weight is 1700 g/mol. The van der Waals surface area contributed by atoms with E-state index in [1.54, 1.807) is 0 Å². The van der Waals surface area contributed by atoms with Crippen LogP contribution in [0.5, 0.6) is 0 Å². The van der Waals surface area contributed by atoms with Crippen LogP contribution in [-0.2, 0) is 6.54 Å². The lowest BCUT2D eigenvalue weighted by Crippen LogP contribution is -2.09. The molecule has 0 aliphatic carbocycles. The van der Waals surface area contributed by atoms with Crippen molar-refractivity contribution in [3.8, 4) is 50.4 Å². The van der Waals surface area contributed by atoms with Gasteiger partial charge >= 0.3 is 0 Å². The summed E-state index contributed by atoms with van der Waals surface area (Å²) in [6, 6.07) is 172. The van der Waals surface area contributed by atoms with Crippen LogP contribution in [0.15, 0.2) is 479 Å². The predicted octanol–water partition coefficient (Wildman–Crippen LogP) is 33.2. The lowest BCUT2D eigenvalue weighted by Gasteiger charge is -2.20. The Labute approximate surface area is 771 Å². The fourth-order valence-electron chi connectivity index (χ4n) is 19.2. The minimum atomic E-state index is 0.616. The molecule has 8 nitrogen and oxygen atoms in total. The van der Waals surface area contributed by atoms with Crippen molar-refractivity contribution in [1.29, 1.82) is 0 Å². The van der Waals surface area contributed by atoms with Gasteiger partial charge in [-0.1, -0.05) is 287 Å². The highest BCUT2D eigenvalue weighted by molar-refractivity contribution is 6.16. The second-order valence-electron chi connectivity index (χ2n) is 34.6. The summed E-state index contributed by atoms with van der Waals surface area (Å²) in [6.45, 7) is 5.59. The van der Waals surface area contributed by atoms with Gasteiger partial charge in [0.15, 0.2) is 0 Å². The maximum absolute atomic E-state index is 2.46. The van der Waals surface area contributed by atoms with Crippen LogP contribution in [0.1, 0.15) is 13.8 Å². The van der Waals surface area contributed by atoms with E-state index in [-0.39, 0.29) is 0 Å². The first-order valence-corrected chi connectivity index (χ1v) is 45.6. The number of hydrogen-bond donors (Lipinski definition) is 0. The van der Waals surface area contributed by atoms with Gasteiger partial charge in [-0.05, 0) is 267 Å². The van der Waals surface area contributed by atoms with Crippen LogP contribution in [-0.4, -0.2) is 46.5 Å². The van der Waals surface area contributed by atoms with Gasteiger partial charge in [0.2, 0.25) is 0 Å². The molecule has 0 fully saturated rings. The van der Waals surface area contributed by atoms with Crippen molar-refractivity contribution in [3.05, 3.63) is 479 Å². The van der Waals surface area contributed by atoms with Gasteiger partial charge in [0.05, 0.1) is 33.1 Å². The van der Waals surface area contributed by atoms with Crippen molar-refractivity contribution in [2.75, 3.05) is 47.8 Å². The first-order chi connectivity index (χ1) is 65.0. The minimum Gasteiger partial charge on any atom is -0.345 e. The van der Waals surface area contributed by atoms with Crippen molar-refractivity contribution >= 4 is 154 Å². The largest absolute Gasteiger partial charge is 0.345 e. The Kier molecular flexibility index (Phi) is 22.6. The van der Waals surface area contributed by atoms with E-state index in [1.165, 1.54) is 205 Å². The van der Waals surface area contributed by atoms with Crippen LogP contribution in [0, 0.1) is 5.92 Å². The second kappa shape index (κ2) is 36.2. The molecule has 0 aliphatic rings. The molecule has 0 unspecified atom stereocenters. The number of rotatable bonds is 16. The summed E-state index contributed by atoms with van der Waals surface area (Å²) >= 11 is 0. The lowest BCUT2D eigenvalue weighted by molar-refractivity contribution is 0.545. The van der Waals surface area contributed by atoms with Crippen molar-refractivity contribution in [1.82, 2.24) is 18.3 Å². The lowest BCUT2D eigenvalue weighted by atomic mass is 9.97. The Morgan fingerprint density at radius 1 is 0.182 bits per heavy atom. The van der Waals surface area contributed by atoms with Gasteiger partial charge in [0, 0.05) is 151 Å². The highest BCUT2D eigenvalue weighted by Gasteiger charge is 2.22. The highest BCUT2D eigenvalue weighted by atomic mass is 15.1. The molecule has 636 valence electrons. The van der Waals surface area contributed by atoms with E-state index >= 15 is 0 Å². The number of aromatic nitrogens is 4. The molecule has 4 aromatic heterocycles. The molecule has 0 amide bonds. The summed E-state index contributed by atoms with van der Waals surface area (Å²) in [4.78, 5) is 8.98. The Balaban J connectivity index is 0.000000107. The van der Waals surface area contributed by atoms with Crippen LogP contribution >= 0.6 is 0 Å². The summed E-state index contributed by atoms with van der Waals surface area (Å²) in [7, 11) is 8.52. The van der Waals surface area contributed by atoms with Gasteiger partial charge in [-0.15, -0.1) is 0 Å². The molecule has 24 aromatic rings. The zero-order chi connectivity index (χ0) is 89.1. The number of anilines is 8. The van der Waals surface area contributed by atoms with Gasteiger partial charge < -0.3 is 37.9 Å². The molecule has 0 saturated carbocycles. The van der Waals surface area contributed by atoms with Crippen molar-refractivity contribution in [2.24, 2.45) is 5.92 Å². The predicted molar refractivity (Wildman–Crippen MR) is 566 cm³/mol. The summed E-state index contributed by atoms with van der Waals surface area (Å²) in [6.07, 6.45) is 0. The third-order valence-corrected chi connectivity index (χ3v) is 26.0. The molecule has 8 heteroatoms. The molecular weight excluding hydrogens is 1600 g/mol. The summed E-state index contributed by atoms with van der Waals surface area (Å²) in [5, 5.41) is 15.3. The minimum absolute atomic E-state index is 0.616. The van der Waals surface area contributed by atoms with E-state index in [0.717, 1.165) is 6.54 Å². The van der Waals surface area contributed by atoms with Gasteiger partial charge in [-0.25, -0.2) is 0 Å². The SMILES string of the molecule is CC(C)Cn1c2ccccc2c2cc(N(C)c3ccccc3)ccc21.CN(c1ccccc1)c1ccc2c(c1)c1cc(-c3ccc4ccccc4c3)ccc1n2-c1ccccc1.CN(c1ccccc1)c1ccc2c(c1)c1cc(-c3cccc4ccccc34)ccc1n2-c1ccccc1.CN(c1ccccc1)c1ccc2c(c1)c1cc(-c3ccccc3)ccc1n2-c1ccccc1. The standard InChI is InChI=1S/2C35H26N2.C31H24N2.C23H24N2/c1-36(27-13-4-2-5-14-27)29-20-22-35-33(24-29)32-23-26(31-18-10-12-25-11-8-9-17-30(25)31)19-21-34(32)37(35)28-15-6-3-7-16-28;1-36(29-12-4-2-5-13-29)31-19-21-35-33(24-31)32-23-28(27-17-16-25-10-8-9-11-26(25)22-27)18-20-34(32)37(35)30-14-6-3-7-15-30;1-32(25-13-7-3-8-14-25)27-18-20-31-29(22-27)28-21-24(23-11-5-2-6-12-23)17-19-30(28)33(31)26-15-9-4-10-16-26;1-17(2)16-25-22-12-8-7-11-20(22)21-15-19(13-14-23(21)25)24(3)18-9-5-4-6-10-18/h2*2-24H,1H3;2-22H,1H3;4-15,17H,16H2,1-3H3. The first-order valence-electron chi connectivity index (χ1n) is 45.6. The molecule has 0 bridgehead atoms. The van der Waals surface area contributed by atoms with Crippen molar-refractivity contribution in [2.45, 2.75) is 20.4 Å². The van der Waals surface area contributed by atoms with Gasteiger partial charge in [-0.3, -0.25) is 0 Å². The first kappa shape index (κ1) is 82.3. The monoisotopic (exact) mass is 1700 g/mol. The fraction of sp³-hybridized carbons (Fsp3) is 0.0645. The third kappa shape index (κ3) is 16.1. The molecule has 0 atom stereocenters. The van der Waals surface area contributed by atoms with E-state index in [2.05, 4.69) is 559 Å². The van der Waals surface area contributed by atoms with Crippen LogP contribution in [0.2, 0.25) is 0 Å². The molecule has 132 heavy (non-hydrogen) atoms. The summed E-state index contributed by atoms with van der Waals surface area (Å²) in [5.74, 6) is 0.616. The number of para-hydroxylation sites is 8. The van der Waals surface area contributed by atoms with Crippen LogP contribution < -0.4 is 19.6 Å². The van der Waals surface area contributed by atoms with E-state index in [1.807, 2.05) is 0 Å². The van der Waals surface area contributed by atoms with Crippen molar-refractivity contribution in [3.63, 3.8) is 0 Å². The highest BCUT2D eigenvalue weighted by Crippen LogP contribution is 2.44. The normalized spacial score (nSPS) is 11.4. The van der Waals surface area contributed by atoms with Gasteiger partial charge in [-0.2, -0.15) is 0 Å². The number of fused-ring (bicyclic) bond motifs is 14. The van der Waals surface area contributed by atoms with Crippen LogP contribution in [0.4, 0.5) is 45.5 Å². The molecule has 0 radical (unpaired) electrons. The zero-order valence-corrected chi connectivity index (χ0v) is 75.0. The van der Waals surface area contributed by atoms with Crippen LogP contribution in [0.3, 0.4) is 0 Å². The molecule has 4 heterocycles. The van der Waals surface area contributed by atoms with E-state index < -0.39 is 0 Å². The maximum Gasteiger partial charge on any atom is 0.0542 e. The molecule has 0 spiro atoms. The van der Waals surface area contributed by atoms with Crippen molar-refractivity contribution < 1.29 is 0 Å². The third-order valence-electron chi connectivity index (χ3n) is 26.0. The molecule has 0 N–H and O–H groups in total. The second-order valence-corrected chi connectivity index (χ2v) is 34.6. The Bertz CT molecular complexity index is 8240. The summed E-state index contributed by atoms with van der Waals surface area (Å²) < 4.78 is 9.58. The van der Waals surface area contributed by atoms with E-state index in [0.29, 0.717) is 5.92 Å². The molecule has 20 aromatic carbocycles. The topological polar surface area (TPSA) is 32.7 Å². The maximum atomic E-state index is 2.46. The Morgan fingerprint density at radius 2 is 0.462 bits per heavy atom. The average Bonchev–Trinajstić information content (AvgIpc) is 1.61. The summed E-state index contributed by atoms with van der Waals surface area (Å²) in [5.41, 5.74) is 30.3. The quantitative estimate of drug-likeness (QED) is 0.0965. The van der Waals surface area contributed by atoms with E-state index in [4.69, 9.17) is 0 Å². The Morgan fingerprint density at radius 3 is 0.879 bits per heavy atom. The number of hydrogen-bond acceptors (Lipinski definition) is 4. The van der Waals surface area contributed by atoms with Gasteiger partial charge in [0.25, 0.3) is 0 Å². The molecule has 0 saturated heterocycles. The van der Waals surface area contributed by atoms with Gasteiger partial charge in [0.1, 0.15) is 0 Å². The molecule has 0 aliphatic heterocycles. The van der Waals surface area contributed by atoms with Crippen LogP contribution in [0.25, 0.3) is 159 Å². The number of benzene rings is 20. The number of nitrogens with zero attached hydrogens (tertiary/aromatic N) is 8. The smallest absolute Gasteiger partial charge is 0.0542 e. The zero-order valence-electron chi connectivity index (χ0n) is 75.0. The Hall–Kier alpha value is -16.7.